The molecule has 0 aliphatic carbocycles. The van der Waals surface area contributed by atoms with Crippen molar-refractivity contribution in [1.82, 2.24) is 9.47 Å². The number of hydrogen-bond acceptors (Lipinski definition) is 5. The molecule has 1 aliphatic heterocycles. The summed E-state index contributed by atoms with van der Waals surface area (Å²) in [6.45, 7) is 4.45. The highest BCUT2D eigenvalue weighted by Gasteiger charge is 2.21. The molecule has 2 heterocycles. The Balaban J connectivity index is 1.41. The SMILES string of the molecule is COc1ccccc1N1CCN(Cc2ccn(Cc3ccccc3)c(=O)c2O)CC1. The van der Waals surface area contributed by atoms with Gasteiger partial charge in [0, 0.05) is 44.5 Å². The zero-order valence-electron chi connectivity index (χ0n) is 17.2. The van der Waals surface area contributed by atoms with Crippen LogP contribution in [0.1, 0.15) is 11.1 Å². The van der Waals surface area contributed by atoms with Gasteiger partial charge >= 0.3 is 0 Å². The summed E-state index contributed by atoms with van der Waals surface area (Å²) >= 11 is 0. The van der Waals surface area contributed by atoms with E-state index in [-0.39, 0.29) is 11.3 Å². The number of pyridine rings is 1. The normalized spacial score (nSPS) is 14.6. The van der Waals surface area contributed by atoms with E-state index in [1.54, 1.807) is 17.9 Å². The maximum atomic E-state index is 12.6. The summed E-state index contributed by atoms with van der Waals surface area (Å²) < 4.78 is 7.03. The summed E-state index contributed by atoms with van der Waals surface area (Å²) in [6, 6.07) is 19.7. The Kier molecular flexibility index (Phi) is 6.05. The molecule has 6 nitrogen and oxygen atoms in total. The van der Waals surface area contributed by atoms with Crippen LogP contribution in [0.3, 0.4) is 0 Å². The van der Waals surface area contributed by atoms with E-state index in [4.69, 9.17) is 4.74 Å². The van der Waals surface area contributed by atoms with Gasteiger partial charge in [-0.25, -0.2) is 0 Å². The van der Waals surface area contributed by atoms with Crippen LogP contribution in [-0.2, 0) is 13.1 Å². The molecule has 0 spiro atoms. The molecule has 0 atom stereocenters. The molecule has 1 N–H and O–H groups in total. The summed E-state index contributed by atoms with van der Waals surface area (Å²) in [5, 5.41) is 10.5. The third kappa shape index (κ3) is 4.33. The van der Waals surface area contributed by atoms with Crippen molar-refractivity contribution >= 4 is 5.69 Å². The molecule has 1 saturated heterocycles. The lowest BCUT2D eigenvalue weighted by Gasteiger charge is -2.36. The number of aromatic nitrogens is 1. The number of para-hydroxylation sites is 2. The Morgan fingerprint density at radius 1 is 0.900 bits per heavy atom. The Morgan fingerprint density at radius 3 is 2.33 bits per heavy atom. The van der Waals surface area contributed by atoms with Gasteiger partial charge in [-0.05, 0) is 23.8 Å². The van der Waals surface area contributed by atoms with Crippen LogP contribution in [0, 0.1) is 0 Å². The van der Waals surface area contributed by atoms with E-state index in [0.29, 0.717) is 18.7 Å². The molecule has 156 valence electrons. The fraction of sp³-hybridized carbons (Fsp3) is 0.292. The van der Waals surface area contributed by atoms with Crippen LogP contribution in [0.2, 0.25) is 0 Å². The van der Waals surface area contributed by atoms with E-state index >= 15 is 0 Å². The zero-order valence-corrected chi connectivity index (χ0v) is 17.2. The highest BCUT2D eigenvalue weighted by molar-refractivity contribution is 5.58. The van der Waals surface area contributed by atoms with Crippen LogP contribution in [0.15, 0.2) is 71.7 Å². The Hall–Kier alpha value is -3.25. The molecule has 0 radical (unpaired) electrons. The number of ether oxygens (including phenoxy) is 1. The van der Waals surface area contributed by atoms with Crippen LogP contribution < -0.4 is 15.2 Å². The summed E-state index contributed by atoms with van der Waals surface area (Å²) in [7, 11) is 1.69. The minimum absolute atomic E-state index is 0.152. The molecule has 6 heteroatoms. The molecule has 0 amide bonds. The van der Waals surface area contributed by atoms with Gasteiger partial charge in [0.2, 0.25) is 0 Å². The van der Waals surface area contributed by atoms with E-state index in [0.717, 1.165) is 43.2 Å². The van der Waals surface area contributed by atoms with Gasteiger partial charge in [0.15, 0.2) is 5.75 Å². The van der Waals surface area contributed by atoms with Crippen LogP contribution >= 0.6 is 0 Å². The van der Waals surface area contributed by atoms with Gasteiger partial charge in [0.05, 0.1) is 19.3 Å². The van der Waals surface area contributed by atoms with Crippen LogP contribution in [-0.4, -0.2) is 47.9 Å². The first kappa shape index (κ1) is 20.0. The summed E-state index contributed by atoms with van der Waals surface area (Å²) in [6.07, 6.45) is 1.77. The molecule has 4 rings (SSSR count). The van der Waals surface area contributed by atoms with Gasteiger partial charge in [-0.3, -0.25) is 9.69 Å². The van der Waals surface area contributed by atoms with Crippen LogP contribution in [0.5, 0.6) is 11.5 Å². The maximum Gasteiger partial charge on any atom is 0.293 e. The van der Waals surface area contributed by atoms with E-state index in [9.17, 15) is 9.90 Å². The number of piperazine rings is 1. The molecular weight excluding hydrogens is 378 g/mol. The van der Waals surface area contributed by atoms with Crippen molar-refractivity contribution in [2.75, 3.05) is 38.2 Å². The van der Waals surface area contributed by atoms with Gasteiger partial charge in [-0.1, -0.05) is 42.5 Å². The second-order valence-corrected chi connectivity index (χ2v) is 7.54. The topological polar surface area (TPSA) is 57.9 Å². The van der Waals surface area contributed by atoms with Gasteiger partial charge in [0.25, 0.3) is 5.56 Å². The molecule has 0 saturated carbocycles. The van der Waals surface area contributed by atoms with Crippen molar-refractivity contribution in [1.29, 1.82) is 0 Å². The first-order valence-corrected chi connectivity index (χ1v) is 10.2. The van der Waals surface area contributed by atoms with Gasteiger partial charge < -0.3 is 19.3 Å². The third-order valence-electron chi connectivity index (χ3n) is 5.61. The quantitative estimate of drug-likeness (QED) is 0.683. The fourth-order valence-corrected chi connectivity index (χ4v) is 3.91. The first-order valence-electron chi connectivity index (χ1n) is 10.2. The second kappa shape index (κ2) is 9.05. The summed E-state index contributed by atoms with van der Waals surface area (Å²) in [5.74, 6) is 0.728. The maximum absolute atomic E-state index is 12.6. The van der Waals surface area contributed by atoms with Crippen molar-refractivity contribution in [2.24, 2.45) is 0 Å². The van der Waals surface area contributed by atoms with Crippen molar-refractivity contribution < 1.29 is 9.84 Å². The monoisotopic (exact) mass is 405 g/mol. The molecule has 1 aliphatic rings. The van der Waals surface area contributed by atoms with Crippen molar-refractivity contribution in [3.63, 3.8) is 0 Å². The molecule has 0 unspecified atom stereocenters. The largest absolute Gasteiger partial charge is 0.503 e. The van der Waals surface area contributed by atoms with Crippen molar-refractivity contribution in [3.8, 4) is 11.5 Å². The van der Waals surface area contributed by atoms with E-state index in [1.165, 1.54) is 0 Å². The summed E-state index contributed by atoms with van der Waals surface area (Å²) in [5.41, 5.74) is 2.46. The molecule has 3 aromatic rings. The smallest absolute Gasteiger partial charge is 0.293 e. The number of anilines is 1. The minimum atomic E-state index is -0.344. The lowest BCUT2D eigenvalue weighted by Crippen LogP contribution is -2.46. The lowest BCUT2D eigenvalue weighted by atomic mass is 10.1. The third-order valence-corrected chi connectivity index (χ3v) is 5.61. The van der Waals surface area contributed by atoms with E-state index in [1.807, 2.05) is 54.6 Å². The van der Waals surface area contributed by atoms with Gasteiger partial charge in [-0.15, -0.1) is 0 Å². The molecule has 2 aromatic carbocycles. The number of benzene rings is 2. The number of methoxy groups -OCH3 is 1. The second-order valence-electron chi connectivity index (χ2n) is 7.54. The number of rotatable bonds is 6. The molecule has 30 heavy (non-hydrogen) atoms. The Bertz CT molecular complexity index is 1040. The van der Waals surface area contributed by atoms with Crippen LogP contribution in [0.25, 0.3) is 0 Å². The Morgan fingerprint density at radius 2 is 1.60 bits per heavy atom. The number of nitrogens with zero attached hydrogens (tertiary/aromatic N) is 3. The van der Waals surface area contributed by atoms with Gasteiger partial charge in [0.1, 0.15) is 5.75 Å². The van der Waals surface area contributed by atoms with Crippen LogP contribution in [0.4, 0.5) is 5.69 Å². The zero-order chi connectivity index (χ0) is 20.9. The van der Waals surface area contributed by atoms with E-state index in [2.05, 4.69) is 15.9 Å². The van der Waals surface area contributed by atoms with Gasteiger partial charge in [-0.2, -0.15) is 0 Å². The van der Waals surface area contributed by atoms with Crippen molar-refractivity contribution in [3.05, 3.63) is 88.3 Å². The average molecular weight is 405 g/mol. The highest BCUT2D eigenvalue weighted by atomic mass is 16.5. The van der Waals surface area contributed by atoms with Crippen molar-refractivity contribution in [2.45, 2.75) is 13.1 Å². The van der Waals surface area contributed by atoms with E-state index < -0.39 is 0 Å². The number of hydrogen-bond donors (Lipinski definition) is 1. The predicted molar refractivity (Wildman–Crippen MR) is 118 cm³/mol. The minimum Gasteiger partial charge on any atom is -0.503 e. The standard InChI is InChI=1S/C24H27N3O3/c1-30-22-10-6-5-9-21(22)26-15-13-25(14-16-26)18-20-11-12-27(24(29)23(20)28)17-19-7-3-2-4-8-19/h2-12,28H,13-18H2,1H3. The number of aromatic hydroxyl groups is 1. The average Bonchev–Trinajstić information content (AvgIpc) is 2.80. The fourth-order valence-electron chi connectivity index (χ4n) is 3.91. The molecule has 0 bridgehead atoms. The molecule has 1 aromatic heterocycles. The molecular formula is C24H27N3O3. The predicted octanol–water partition coefficient (Wildman–Crippen LogP) is 2.93. The molecule has 1 fully saturated rings. The first-order chi connectivity index (χ1) is 14.7. The Labute approximate surface area is 176 Å². The lowest BCUT2D eigenvalue weighted by molar-refractivity contribution is 0.245. The highest BCUT2D eigenvalue weighted by Crippen LogP contribution is 2.28. The summed E-state index contributed by atoms with van der Waals surface area (Å²) in [4.78, 5) is 17.2.